The minimum Gasteiger partial charge on any atom is -0.472 e. The van der Waals surface area contributed by atoms with E-state index in [0.717, 1.165) is 19.5 Å². The van der Waals surface area contributed by atoms with E-state index >= 15 is 0 Å². The van der Waals surface area contributed by atoms with E-state index in [4.69, 9.17) is 4.74 Å². The van der Waals surface area contributed by atoms with Crippen LogP contribution in [-0.2, 0) is 0 Å². The summed E-state index contributed by atoms with van der Waals surface area (Å²) in [6.45, 7) is 2.06. The van der Waals surface area contributed by atoms with Crippen molar-refractivity contribution in [2.45, 2.75) is 12.5 Å². The van der Waals surface area contributed by atoms with Gasteiger partial charge in [-0.25, -0.2) is 4.98 Å². The third kappa shape index (κ3) is 2.42. The summed E-state index contributed by atoms with van der Waals surface area (Å²) in [6, 6.07) is 0. The molecule has 0 N–H and O–H groups in total. The van der Waals surface area contributed by atoms with E-state index in [0.29, 0.717) is 10.5 Å². The zero-order chi connectivity index (χ0) is 9.97. The van der Waals surface area contributed by atoms with Crippen LogP contribution in [0.5, 0.6) is 5.88 Å². The molecule has 1 aliphatic rings. The van der Waals surface area contributed by atoms with Crippen LogP contribution in [0.15, 0.2) is 17.0 Å². The Morgan fingerprint density at radius 2 is 2.43 bits per heavy atom. The average molecular weight is 258 g/mol. The lowest BCUT2D eigenvalue weighted by molar-refractivity contribution is 0.199. The number of ether oxygens (including phenoxy) is 1. The van der Waals surface area contributed by atoms with Gasteiger partial charge in [0.1, 0.15) is 10.7 Å². The van der Waals surface area contributed by atoms with Crippen LogP contribution in [0.4, 0.5) is 0 Å². The first kappa shape index (κ1) is 9.86. The molecule has 0 bridgehead atoms. The number of rotatable bonds is 2. The maximum Gasteiger partial charge on any atom is 0.233 e. The van der Waals surface area contributed by atoms with Crippen molar-refractivity contribution in [2.24, 2.45) is 0 Å². The highest BCUT2D eigenvalue weighted by atomic mass is 79.9. The van der Waals surface area contributed by atoms with Crippen molar-refractivity contribution in [3.63, 3.8) is 0 Å². The second-order valence-corrected chi connectivity index (χ2v) is 4.28. The van der Waals surface area contributed by atoms with Crippen LogP contribution in [0.3, 0.4) is 0 Å². The summed E-state index contributed by atoms with van der Waals surface area (Å²) < 4.78 is 6.39. The van der Waals surface area contributed by atoms with Crippen LogP contribution < -0.4 is 4.74 Å². The zero-order valence-electron chi connectivity index (χ0n) is 7.98. The molecule has 0 aliphatic carbocycles. The van der Waals surface area contributed by atoms with Crippen LogP contribution >= 0.6 is 15.9 Å². The first-order valence-electron chi connectivity index (χ1n) is 4.57. The van der Waals surface area contributed by atoms with Crippen LogP contribution in [0.25, 0.3) is 0 Å². The summed E-state index contributed by atoms with van der Waals surface area (Å²) in [5, 5.41) is 0. The highest BCUT2D eigenvalue weighted by Crippen LogP contribution is 2.16. The van der Waals surface area contributed by atoms with Crippen molar-refractivity contribution in [1.29, 1.82) is 0 Å². The van der Waals surface area contributed by atoms with Crippen molar-refractivity contribution in [1.82, 2.24) is 14.9 Å². The lowest BCUT2D eigenvalue weighted by Crippen LogP contribution is -2.21. The van der Waals surface area contributed by atoms with Crippen molar-refractivity contribution in [2.75, 3.05) is 20.1 Å². The van der Waals surface area contributed by atoms with Gasteiger partial charge in [-0.05, 0) is 29.4 Å². The quantitative estimate of drug-likeness (QED) is 0.802. The van der Waals surface area contributed by atoms with Gasteiger partial charge in [-0.1, -0.05) is 0 Å². The van der Waals surface area contributed by atoms with E-state index in [1.165, 1.54) is 0 Å². The largest absolute Gasteiger partial charge is 0.472 e. The number of likely N-dealkylation sites (N-methyl/N-ethyl adjacent to an activating group) is 1. The van der Waals surface area contributed by atoms with E-state index in [1.807, 2.05) is 0 Å². The molecule has 14 heavy (non-hydrogen) atoms. The molecule has 76 valence electrons. The summed E-state index contributed by atoms with van der Waals surface area (Å²) >= 11 is 3.26. The molecule has 4 nitrogen and oxygen atoms in total. The molecule has 2 heterocycles. The van der Waals surface area contributed by atoms with Gasteiger partial charge in [0.25, 0.3) is 0 Å². The molecule has 1 unspecified atom stereocenters. The Bertz CT molecular complexity index is 321. The Kier molecular flexibility index (Phi) is 2.98. The van der Waals surface area contributed by atoms with Crippen molar-refractivity contribution < 1.29 is 4.74 Å². The normalized spacial score (nSPS) is 22.6. The Balaban J connectivity index is 1.97. The van der Waals surface area contributed by atoms with E-state index in [1.54, 1.807) is 12.4 Å². The average Bonchev–Trinajstić information content (AvgIpc) is 2.51. The fourth-order valence-electron chi connectivity index (χ4n) is 1.54. The van der Waals surface area contributed by atoms with E-state index in [-0.39, 0.29) is 6.10 Å². The number of nitrogens with zero attached hydrogens (tertiary/aromatic N) is 3. The minimum atomic E-state index is 0.253. The monoisotopic (exact) mass is 257 g/mol. The van der Waals surface area contributed by atoms with Gasteiger partial charge in [-0.3, -0.25) is 4.98 Å². The van der Waals surface area contributed by atoms with Crippen LogP contribution in [0.2, 0.25) is 0 Å². The minimum absolute atomic E-state index is 0.253. The van der Waals surface area contributed by atoms with E-state index in [2.05, 4.69) is 37.8 Å². The summed E-state index contributed by atoms with van der Waals surface area (Å²) in [4.78, 5) is 10.4. The van der Waals surface area contributed by atoms with Gasteiger partial charge in [-0.15, -0.1) is 0 Å². The smallest absolute Gasteiger partial charge is 0.233 e. The highest BCUT2D eigenvalue weighted by molar-refractivity contribution is 9.10. The molecule has 5 heteroatoms. The fraction of sp³-hybridized carbons (Fsp3) is 0.556. The van der Waals surface area contributed by atoms with Crippen LogP contribution in [0, 0.1) is 0 Å². The van der Waals surface area contributed by atoms with Gasteiger partial charge in [-0.2, -0.15) is 0 Å². The summed E-state index contributed by atoms with van der Waals surface area (Å²) in [5.41, 5.74) is 0. The molecule has 0 amide bonds. The lowest BCUT2D eigenvalue weighted by atomic mass is 10.3. The third-order valence-corrected chi connectivity index (χ3v) is 2.60. The fourth-order valence-corrected chi connectivity index (χ4v) is 1.84. The second-order valence-electron chi connectivity index (χ2n) is 3.47. The second kappa shape index (κ2) is 4.23. The van der Waals surface area contributed by atoms with Gasteiger partial charge in [0.15, 0.2) is 0 Å². The van der Waals surface area contributed by atoms with Crippen LogP contribution in [0.1, 0.15) is 6.42 Å². The summed E-state index contributed by atoms with van der Waals surface area (Å²) in [6.07, 6.45) is 4.60. The van der Waals surface area contributed by atoms with Gasteiger partial charge in [0, 0.05) is 13.1 Å². The summed E-state index contributed by atoms with van der Waals surface area (Å²) in [5.74, 6) is 0.597. The molecule has 1 saturated heterocycles. The maximum atomic E-state index is 5.68. The van der Waals surface area contributed by atoms with Gasteiger partial charge < -0.3 is 9.64 Å². The molecule has 2 rings (SSSR count). The first-order valence-corrected chi connectivity index (χ1v) is 5.36. The van der Waals surface area contributed by atoms with Crippen molar-refractivity contribution >= 4 is 15.9 Å². The molecule has 0 radical (unpaired) electrons. The predicted molar refractivity (Wildman–Crippen MR) is 56.3 cm³/mol. The molecule has 1 aromatic rings. The predicted octanol–water partition coefficient (Wildman–Crippen LogP) is 1.32. The number of likely N-dealkylation sites (tertiary alicyclic amines) is 1. The van der Waals surface area contributed by atoms with E-state index in [9.17, 15) is 0 Å². The van der Waals surface area contributed by atoms with Gasteiger partial charge >= 0.3 is 0 Å². The van der Waals surface area contributed by atoms with Crippen molar-refractivity contribution in [3.05, 3.63) is 17.0 Å². The Labute approximate surface area is 91.4 Å². The Morgan fingerprint density at radius 3 is 3.07 bits per heavy atom. The standard InChI is InChI=1S/C9H12BrN3O/c1-13-3-2-7(6-13)14-9-5-11-4-8(10)12-9/h4-5,7H,2-3,6H2,1H3. The third-order valence-electron chi connectivity index (χ3n) is 2.22. The Hall–Kier alpha value is -0.680. The molecule has 0 saturated carbocycles. The summed E-state index contributed by atoms with van der Waals surface area (Å²) in [7, 11) is 2.09. The molecular formula is C9H12BrN3O. The van der Waals surface area contributed by atoms with Crippen molar-refractivity contribution in [3.8, 4) is 5.88 Å². The molecule has 0 spiro atoms. The van der Waals surface area contributed by atoms with Crippen LogP contribution in [-0.4, -0.2) is 41.1 Å². The van der Waals surface area contributed by atoms with Gasteiger partial charge in [0.05, 0.1) is 12.4 Å². The topological polar surface area (TPSA) is 38.2 Å². The highest BCUT2D eigenvalue weighted by Gasteiger charge is 2.21. The zero-order valence-corrected chi connectivity index (χ0v) is 9.57. The number of halogens is 1. The Morgan fingerprint density at radius 1 is 1.57 bits per heavy atom. The molecule has 1 atom stereocenters. The molecule has 0 aromatic carbocycles. The number of hydrogen-bond acceptors (Lipinski definition) is 4. The molecule has 1 aromatic heterocycles. The molecular weight excluding hydrogens is 246 g/mol. The SMILES string of the molecule is CN1CCC(Oc2cncc(Br)n2)C1. The molecule has 1 aliphatic heterocycles. The van der Waals surface area contributed by atoms with Gasteiger partial charge in [0.2, 0.25) is 5.88 Å². The number of hydrogen-bond donors (Lipinski definition) is 0. The van der Waals surface area contributed by atoms with E-state index < -0.39 is 0 Å². The maximum absolute atomic E-state index is 5.68. The number of aromatic nitrogens is 2. The molecule has 1 fully saturated rings. The lowest BCUT2D eigenvalue weighted by Gasteiger charge is -2.12. The first-order chi connectivity index (χ1) is 6.74.